The average Bonchev–Trinajstić information content (AvgIpc) is 2.98. The van der Waals surface area contributed by atoms with Crippen LogP contribution in [0.3, 0.4) is 0 Å². The second-order valence-electron chi connectivity index (χ2n) is 8.88. The molecule has 33 heavy (non-hydrogen) atoms. The number of anilines is 2. The van der Waals surface area contributed by atoms with Crippen LogP contribution in [-0.2, 0) is 22.7 Å². The summed E-state index contributed by atoms with van der Waals surface area (Å²) < 4.78 is 0. The fraction of sp³-hybridized carbons (Fsp3) is 0.400. The van der Waals surface area contributed by atoms with E-state index >= 15 is 0 Å². The lowest BCUT2D eigenvalue weighted by molar-refractivity contribution is -0.136. The van der Waals surface area contributed by atoms with Crippen molar-refractivity contribution in [1.29, 1.82) is 0 Å². The number of hydrogen-bond donors (Lipinski definition) is 3. The molecular weight excluding hydrogens is 418 g/mol. The smallest absolute Gasteiger partial charge is 0.255 e. The number of nitrogens with one attached hydrogen (secondary N) is 3. The van der Waals surface area contributed by atoms with E-state index in [-0.39, 0.29) is 24.1 Å². The van der Waals surface area contributed by atoms with Crippen molar-refractivity contribution in [1.82, 2.24) is 15.5 Å². The summed E-state index contributed by atoms with van der Waals surface area (Å²) in [5, 5.41) is 9.24. The molecule has 2 aromatic carbocycles. The molecule has 3 N–H and O–H groups in total. The molecule has 3 aliphatic rings. The van der Waals surface area contributed by atoms with Gasteiger partial charge in [0, 0.05) is 56.1 Å². The summed E-state index contributed by atoms with van der Waals surface area (Å²) in [6.45, 7) is 5.23. The number of rotatable bonds is 5. The van der Waals surface area contributed by atoms with Crippen LogP contribution in [0.4, 0.5) is 11.4 Å². The van der Waals surface area contributed by atoms with Crippen LogP contribution in [0.5, 0.6) is 0 Å². The zero-order valence-corrected chi connectivity index (χ0v) is 18.6. The molecule has 8 heteroatoms. The van der Waals surface area contributed by atoms with Gasteiger partial charge in [-0.25, -0.2) is 0 Å². The van der Waals surface area contributed by atoms with Crippen LogP contribution in [0.15, 0.2) is 42.5 Å². The van der Waals surface area contributed by atoms with Gasteiger partial charge in [-0.15, -0.1) is 0 Å². The highest BCUT2D eigenvalue weighted by Crippen LogP contribution is 2.28. The van der Waals surface area contributed by atoms with Crippen molar-refractivity contribution >= 4 is 29.1 Å². The van der Waals surface area contributed by atoms with Crippen molar-refractivity contribution in [2.75, 3.05) is 36.4 Å². The number of hydrogen-bond acceptors (Lipinski definition) is 6. The average molecular weight is 448 g/mol. The number of carbonyl (C=O) groups excluding carboxylic acids is 3. The van der Waals surface area contributed by atoms with Crippen LogP contribution < -0.4 is 20.9 Å². The quantitative estimate of drug-likeness (QED) is 0.606. The van der Waals surface area contributed by atoms with Gasteiger partial charge in [0.2, 0.25) is 11.8 Å². The van der Waals surface area contributed by atoms with E-state index in [9.17, 15) is 14.4 Å². The largest absolute Gasteiger partial charge is 0.381 e. The van der Waals surface area contributed by atoms with Crippen LogP contribution in [0.25, 0.3) is 0 Å². The maximum atomic E-state index is 12.8. The first-order valence-electron chi connectivity index (χ1n) is 11.6. The molecule has 0 bridgehead atoms. The molecule has 8 nitrogen and oxygen atoms in total. The third-order valence-electron chi connectivity index (χ3n) is 6.66. The second kappa shape index (κ2) is 9.23. The molecule has 0 spiro atoms. The first-order valence-corrected chi connectivity index (χ1v) is 11.6. The Bertz CT molecular complexity index is 1060. The number of nitrogens with zero attached hydrogens (tertiary/aromatic N) is 2. The number of piperidine rings is 1. The van der Waals surface area contributed by atoms with E-state index in [2.05, 4.69) is 45.1 Å². The molecular formula is C25H29N5O3. The van der Waals surface area contributed by atoms with Crippen LogP contribution in [0.2, 0.25) is 0 Å². The van der Waals surface area contributed by atoms with Gasteiger partial charge >= 0.3 is 0 Å². The van der Waals surface area contributed by atoms with Gasteiger partial charge in [-0.2, -0.15) is 0 Å². The Balaban J connectivity index is 1.21. The van der Waals surface area contributed by atoms with Crippen LogP contribution in [0.1, 0.15) is 40.7 Å². The topological polar surface area (TPSA) is 93.8 Å². The molecule has 3 aliphatic heterocycles. The summed E-state index contributed by atoms with van der Waals surface area (Å²) >= 11 is 0. The third kappa shape index (κ3) is 4.57. The van der Waals surface area contributed by atoms with Crippen LogP contribution in [-0.4, -0.2) is 54.8 Å². The Morgan fingerprint density at radius 1 is 1.00 bits per heavy atom. The Labute approximate surface area is 193 Å². The van der Waals surface area contributed by atoms with E-state index in [0.717, 1.165) is 49.4 Å². The number of imide groups is 1. The maximum absolute atomic E-state index is 12.8. The third-order valence-corrected chi connectivity index (χ3v) is 6.66. The summed E-state index contributed by atoms with van der Waals surface area (Å²) in [5.41, 5.74) is 4.94. The molecule has 3 heterocycles. The molecule has 172 valence electrons. The van der Waals surface area contributed by atoms with Gasteiger partial charge in [0.1, 0.15) is 6.04 Å². The SMILES string of the molecule is O=C1CCC(N2Cc3cc(CNc4ccc(N5CCCNCC5)cc4)ccc3C2=O)C(=O)N1. The van der Waals surface area contributed by atoms with Gasteiger partial charge in [-0.3, -0.25) is 19.7 Å². The molecule has 2 saturated heterocycles. The van der Waals surface area contributed by atoms with E-state index in [1.807, 2.05) is 18.2 Å². The van der Waals surface area contributed by atoms with Crippen molar-refractivity contribution in [2.45, 2.75) is 38.4 Å². The first-order chi connectivity index (χ1) is 16.1. The number of amides is 3. The highest BCUT2D eigenvalue weighted by atomic mass is 16.2. The number of fused-ring (bicyclic) bond motifs is 1. The molecule has 0 radical (unpaired) electrons. The Hall–Kier alpha value is -3.39. The van der Waals surface area contributed by atoms with Crippen LogP contribution in [0, 0.1) is 0 Å². The molecule has 1 atom stereocenters. The van der Waals surface area contributed by atoms with Gasteiger partial charge in [0.25, 0.3) is 5.91 Å². The van der Waals surface area contributed by atoms with E-state index < -0.39 is 6.04 Å². The van der Waals surface area contributed by atoms with Gasteiger partial charge in [0.15, 0.2) is 0 Å². The summed E-state index contributed by atoms with van der Waals surface area (Å²) in [7, 11) is 0. The number of carbonyl (C=O) groups is 3. The predicted octanol–water partition coefficient (Wildman–Crippen LogP) is 1.86. The molecule has 3 amide bonds. The van der Waals surface area contributed by atoms with Crippen molar-refractivity contribution in [3.8, 4) is 0 Å². The maximum Gasteiger partial charge on any atom is 0.255 e. The lowest BCUT2D eigenvalue weighted by Crippen LogP contribution is -2.52. The first kappa shape index (κ1) is 21.5. The van der Waals surface area contributed by atoms with Crippen molar-refractivity contribution in [3.63, 3.8) is 0 Å². The Kier molecular flexibility index (Phi) is 6.00. The van der Waals surface area contributed by atoms with Crippen molar-refractivity contribution < 1.29 is 14.4 Å². The van der Waals surface area contributed by atoms with E-state index in [4.69, 9.17) is 0 Å². The molecule has 1 unspecified atom stereocenters. The van der Waals surface area contributed by atoms with Crippen molar-refractivity contribution in [2.24, 2.45) is 0 Å². The van der Waals surface area contributed by atoms with Gasteiger partial charge in [0.05, 0.1) is 0 Å². The molecule has 0 aromatic heterocycles. The minimum Gasteiger partial charge on any atom is -0.381 e. The summed E-state index contributed by atoms with van der Waals surface area (Å²) in [6, 6.07) is 13.8. The molecule has 2 aromatic rings. The normalized spacial score (nSPS) is 21.0. The fourth-order valence-electron chi connectivity index (χ4n) is 4.84. The summed E-state index contributed by atoms with van der Waals surface area (Å²) in [5.74, 6) is -0.794. The highest BCUT2D eigenvalue weighted by Gasteiger charge is 2.39. The standard InChI is InChI=1S/C25H29N5O3/c31-23-9-8-22(24(32)28-23)30-16-18-14-17(2-7-21(18)25(30)33)15-27-19-3-5-20(6-4-19)29-12-1-10-26-11-13-29/h2-7,14,22,26-27H,1,8-13,15-16H2,(H,28,31,32). The van der Waals surface area contributed by atoms with Gasteiger partial charge in [-0.1, -0.05) is 12.1 Å². The highest BCUT2D eigenvalue weighted by molar-refractivity contribution is 6.05. The molecule has 2 fully saturated rings. The summed E-state index contributed by atoms with van der Waals surface area (Å²) in [4.78, 5) is 40.5. The fourth-order valence-corrected chi connectivity index (χ4v) is 4.84. The zero-order valence-electron chi connectivity index (χ0n) is 18.6. The second-order valence-corrected chi connectivity index (χ2v) is 8.88. The van der Waals surface area contributed by atoms with Gasteiger partial charge < -0.3 is 20.4 Å². The molecule has 0 aliphatic carbocycles. The van der Waals surface area contributed by atoms with Crippen LogP contribution >= 0.6 is 0 Å². The predicted molar refractivity (Wildman–Crippen MR) is 126 cm³/mol. The monoisotopic (exact) mass is 447 g/mol. The number of benzene rings is 2. The summed E-state index contributed by atoms with van der Waals surface area (Å²) in [6.07, 6.45) is 1.80. The van der Waals surface area contributed by atoms with E-state index in [1.54, 1.807) is 4.90 Å². The minimum absolute atomic E-state index is 0.140. The molecule has 0 saturated carbocycles. The molecule has 5 rings (SSSR count). The lowest BCUT2D eigenvalue weighted by Gasteiger charge is -2.29. The van der Waals surface area contributed by atoms with E-state index in [0.29, 0.717) is 25.1 Å². The Morgan fingerprint density at radius 3 is 2.67 bits per heavy atom. The zero-order chi connectivity index (χ0) is 22.8. The lowest BCUT2D eigenvalue weighted by atomic mass is 10.0. The van der Waals surface area contributed by atoms with Gasteiger partial charge in [-0.05, 0) is 60.8 Å². The van der Waals surface area contributed by atoms with E-state index in [1.165, 1.54) is 5.69 Å². The Morgan fingerprint density at radius 2 is 1.85 bits per heavy atom. The van der Waals surface area contributed by atoms with Crippen molar-refractivity contribution in [3.05, 3.63) is 59.2 Å². The minimum atomic E-state index is -0.581.